The number of fused-ring (bicyclic) bond motifs is 1. The summed E-state index contributed by atoms with van der Waals surface area (Å²) >= 11 is 17.8. The van der Waals surface area contributed by atoms with Gasteiger partial charge in [-0.2, -0.15) is 0 Å². The minimum absolute atomic E-state index is 0.377. The largest absolute Gasteiger partial charge is 0.236 e. The van der Waals surface area contributed by atoms with Crippen LogP contribution < -0.4 is 0 Å². The molecule has 0 aliphatic rings. The molecule has 0 N–H and O–H groups in total. The maximum atomic E-state index is 6.02. The summed E-state index contributed by atoms with van der Waals surface area (Å²) in [6, 6.07) is 5.30. The summed E-state index contributed by atoms with van der Waals surface area (Å²) in [6.07, 6.45) is 0. The van der Waals surface area contributed by atoms with Gasteiger partial charge in [0.15, 0.2) is 0 Å². The Morgan fingerprint density at radius 2 is 1.71 bits per heavy atom. The van der Waals surface area contributed by atoms with E-state index < -0.39 is 0 Å². The van der Waals surface area contributed by atoms with Gasteiger partial charge in [-0.25, -0.2) is 4.98 Å². The van der Waals surface area contributed by atoms with Gasteiger partial charge in [0.1, 0.15) is 5.15 Å². The molecule has 1 heterocycles. The lowest BCUT2D eigenvalue weighted by Gasteiger charge is -2.04. The van der Waals surface area contributed by atoms with Crippen LogP contribution in [0.3, 0.4) is 0 Å². The zero-order chi connectivity index (χ0) is 10.3. The number of rotatable bonds is 0. The summed E-state index contributed by atoms with van der Waals surface area (Å²) in [5.41, 5.74) is 1.70. The maximum absolute atomic E-state index is 6.02. The highest BCUT2D eigenvalue weighted by Gasteiger charge is 2.05. The van der Waals surface area contributed by atoms with E-state index in [1.165, 1.54) is 0 Å². The van der Waals surface area contributed by atoms with Gasteiger partial charge in [-0.1, -0.05) is 34.8 Å². The minimum Gasteiger partial charge on any atom is -0.236 e. The Balaban J connectivity index is 2.89. The fourth-order valence-corrected chi connectivity index (χ4v) is 1.95. The molecule has 0 fully saturated rings. The van der Waals surface area contributed by atoms with Crippen LogP contribution in [0.1, 0.15) is 5.56 Å². The maximum Gasteiger partial charge on any atom is 0.131 e. The molecule has 0 aliphatic carbocycles. The summed E-state index contributed by atoms with van der Waals surface area (Å²) in [7, 11) is 0. The fourth-order valence-electron chi connectivity index (χ4n) is 1.28. The number of halogens is 3. The van der Waals surface area contributed by atoms with Crippen molar-refractivity contribution in [2.24, 2.45) is 0 Å². The number of aromatic nitrogens is 1. The quantitative estimate of drug-likeness (QED) is 0.624. The molecule has 1 aromatic heterocycles. The lowest BCUT2D eigenvalue weighted by molar-refractivity contribution is 1.39. The van der Waals surface area contributed by atoms with E-state index in [-0.39, 0.29) is 0 Å². The second-order valence-electron chi connectivity index (χ2n) is 3.05. The van der Waals surface area contributed by atoms with E-state index in [2.05, 4.69) is 4.98 Å². The van der Waals surface area contributed by atoms with Crippen molar-refractivity contribution in [1.82, 2.24) is 4.98 Å². The van der Waals surface area contributed by atoms with Gasteiger partial charge < -0.3 is 0 Å². The van der Waals surface area contributed by atoms with Crippen molar-refractivity contribution in [2.75, 3.05) is 0 Å². The average Bonchev–Trinajstić information content (AvgIpc) is 2.08. The molecule has 14 heavy (non-hydrogen) atoms. The lowest BCUT2D eigenvalue weighted by Crippen LogP contribution is -1.84. The highest BCUT2D eigenvalue weighted by atomic mass is 35.5. The van der Waals surface area contributed by atoms with Gasteiger partial charge in [0.25, 0.3) is 0 Å². The third kappa shape index (κ3) is 1.68. The molecule has 0 atom stereocenters. The molecule has 0 saturated heterocycles. The summed E-state index contributed by atoms with van der Waals surface area (Å²) in [5, 5.41) is 2.52. The SMILES string of the molecule is Cc1cc2c(Cl)cc(Cl)nc2cc1Cl. The molecule has 0 unspecified atom stereocenters. The summed E-state index contributed by atoms with van der Waals surface area (Å²) in [5.74, 6) is 0. The monoisotopic (exact) mass is 245 g/mol. The molecule has 0 amide bonds. The Kier molecular flexibility index (Phi) is 2.56. The van der Waals surface area contributed by atoms with Crippen molar-refractivity contribution in [1.29, 1.82) is 0 Å². The van der Waals surface area contributed by atoms with Crippen LogP contribution in [0.25, 0.3) is 10.9 Å². The van der Waals surface area contributed by atoms with Crippen LogP contribution >= 0.6 is 34.8 Å². The number of pyridine rings is 1. The van der Waals surface area contributed by atoms with Crippen LogP contribution in [0.4, 0.5) is 0 Å². The Labute approximate surface area is 96.6 Å². The molecule has 0 saturated carbocycles. The van der Waals surface area contributed by atoms with E-state index in [0.717, 1.165) is 16.5 Å². The molecule has 0 bridgehead atoms. The molecule has 0 radical (unpaired) electrons. The molecule has 1 aromatic carbocycles. The first-order chi connectivity index (χ1) is 6.58. The number of hydrogen-bond donors (Lipinski definition) is 0. The minimum atomic E-state index is 0.377. The van der Waals surface area contributed by atoms with E-state index in [1.54, 1.807) is 12.1 Å². The Morgan fingerprint density at radius 1 is 1.00 bits per heavy atom. The summed E-state index contributed by atoms with van der Waals surface area (Å²) < 4.78 is 0. The highest BCUT2D eigenvalue weighted by molar-refractivity contribution is 6.38. The van der Waals surface area contributed by atoms with Crippen molar-refractivity contribution in [3.63, 3.8) is 0 Å². The predicted molar refractivity (Wildman–Crippen MR) is 61.5 cm³/mol. The zero-order valence-corrected chi connectivity index (χ0v) is 9.58. The average molecular weight is 247 g/mol. The Bertz CT molecular complexity index is 508. The second-order valence-corrected chi connectivity index (χ2v) is 4.25. The number of hydrogen-bond acceptors (Lipinski definition) is 1. The van der Waals surface area contributed by atoms with Crippen molar-refractivity contribution >= 4 is 45.7 Å². The van der Waals surface area contributed by atoms with Gasteiger partial charge in [-0.15, -0.1) is 0 Å². The van der Waals surface area contributed by atoms with Crippen molar-refractivity contribution in [3.8, 4) is 0 Å². The van der Waals surface area contributed by atoms with Crippen LogP contribution in [0.5, 0.6) is 0 Å². The lowest BCUT2D eigenvalue weighted by atomic mass is 10.1. The molecule has 72 valence electrons. The first-order valence-corrected chi connectivity index (χ1v) is 5.13. The molecule has 1 nitrogen and oxygen atoms in total. The van der Waals surface area contributed by atoms with Crippen molar-refractivity contribution < 1.29 is 0 Å². The Hall–Kier alpha value is -0.500. The molecule has 2 aromatic rings. The normalized spacial score (nSPS) is 10.9. The van der Waals surface area contributed by atoms with Crippen LogP contribution in [-0.2, 0) is 0 Å². The van der Waals surface area contributed by atoms with Gasteiger partial charge in [-0.3, -0.25) is 0 Å². The van der Waals surface area contributed by atoms with Gasteiger partial charge in [-0.05, 0) is 30.7 Å². The second kappa shape index (κ2) is 3.58. The Morgan fingerprint density at radius 3 is 2.43 bits per heavy atom. The molecule has 0 aliphatic heterocycles. The molecular formula is C10H6Cl3N. The first kappa shape index (κ1) is 10.0. The van der Waals surface area contributed by atoms with E-state index >= 15 is 0 Å². The fraction of sp³-hybridized carbons (Fsp3) is 0.100. The van der Waals surface area contributed by atoms with E-state index in [9.17, 15) is 0 Å². The number of nitrogens with zero attached hydrogens (tertiary/aromatic N) is 1. The molecular weight excluding hydrogens is 240 g/mol. The third-order valence-electron chi connectivity index (χ3n) is 2.01. The van der Waals surface area contributed by atoms with Gasteiger partial charge in [0.05, 0.1) is 10.5 Å². The van der Waals surface area contributed by atoms with E-state index in [1.807, 2.05) is 13.0 Å². The standard InChI is InChI=1S/C10H6Cl3N/c1-5-2-6-8(12)4-10(13)14-9(6)3-7(5)11/h2-4H,1H3. The smallest absolute Gasteiger partial charge is 0.131 e. The van der Waals surface area contributed by atoms with Gasteiger partial charge in [0.2, 0.25) is 0 Å². The number of benzene rings is 1. The predicted octanol–water partition coefficient (Wildman–Crippen LogP) is 4.50. The topological polar surface area (TPSA) is 12.9 Å². The van der Waals surface area contributed by atoms with Crippen LogP contribution in [0, 0.1) is 6.92 Å². The van der Waals surface area contributed by atoms with Crippen molar-refractivity contribution in [2.45, 2.75) is 6.92 Å². The van der Waals surface area contributed by atoms with E-state index in [0.29, 0.717) is 15.2 Å². The van der Waals surface area contributed by atoms with Crippen LogP contribution in [-0.4, -0.2) is 4.98 Å². The third-order valence-corrected chi connectivity index (χ3v) is 2.92. The molecule has 0 spiro atoms. The summed E-state index contributed by atoms with van der Waals surface area (Å²) in [4.78, 5) is 4.13. The highest BCUT2D eigenvalue weighted by Crippen LogP contribution is 2.29. The van der Waals surface area contributed by atoms with Crippen molar-refractivity contribution in [3.05, 3.63) is 39.0 Å². The number of aryl methyl sites for hydroxylation is 1. The van der Waals surface area contributed by atoms with Gasteiger partial charge >= 0.3 is 0 Å². The zero-order valence-electron chi connectivity index (χ0n) is 7.31. The summed E-state index contributed by atoms with van der Waals surface area (Å²) in [6.45, 7) is 1.92. The molecule has 2 rings (SSSR count). The van der Waals surface area contributed by atoms with Crippen LogP contribution in [0.2, 0.25) is 15.2 Å². The van der Waals surface area contributed by atoms with E-state index in [4.69, 9.17) is 34.8 Å². The molecule has 4 heteroatoms. The van der Waals surface area contributed by atoms with Gasteiger partial charge in [0, 0.05) is 10.4 Å². The first-order valence-electron chi connectivity index (χ1n) is 4.00. The van der Waals surface area contributed by atoms with Crippen LogP contribution in [0.15, 0.2) is 18.2 Å².